The SMILES string of the molecule is COc1cccc(C2/C(=C(\O)c3cc(OC)ccc3Cl)C(=O)C(=O)N2c2nc3cc(F)c(F)cc3[nH]2)c1. The number of nitrogens with zero attached hydrogens (tertiary/aromatic N) is 2. The standard InChI is InChI=1S/C26H18ClF2N3O5/c1-36-13-5-3-4-12(8-13)22-21(23(33)15-9-14(37-2)6-7-16(15)27)24(34)25(35)32(22)26-30-19-10-17(28)18(29)11-20(19)31-26/h3-11,22,33H,1-2H3,(H,30,31)/b23-21+. The third-order valence-corrected chi connectivity index (χ3v) is 6.35. The van der Waals surface area contributed by atoms with Gasteiger partial charge in [-0.1, -0.05) is 23.7 Å². The Bertz CT molecular complexity index is 1580. The number of ether oxygens (including phenoxy) is 2. The maximum atomic E-state index is 13.8. The number of anilines is 1. The number of carbonyl (C=O) groups is 2. The molecule has 4 aromatic rings. The Balaban J connectivity index is 1.76. The van der Waals surface area contributed by atoms with Gasteiger partial charge in [0.15, 0.2) is 11.6 Å². The fourth-order valence-corrected chi connectivity index (χ4v) is 4.45. The predicted octanol–water partition coefficient (Wildman–Crippen LogP) is 5.14. The van der Waals surface area contributed by atoms with Crippen LogP contribution in [-0.4, -0.2) is 41.0 Å². The van der Waals surface area contributed by atoms with E-state index in [1.54, 1.807) is 30.3 Å². The van der Waals surface area contributed by atoms with Gasteiger partial charge in [0, 0.05) is 17.7 Å². The zero-order valence-electron chi connectivity index (χ0n) is 19.4. The van der Waals surface area contributed by atoms with E-state index in [1.807, 2.05) is 0 Å². The van der Waals surface area contributed by atoms with Crippen molar-refractivity contribution < 1.29 is 33.0 Å². The highest BCUT2D eigenvalue weighted by molar-refractivity contribution is 6.51. The first kappa shape index (κ1) is 24.3. The van der Waals surface area contributed by atoms with Gasteiger partial charge >= 0.3 is 5.91 Å². The fourth-order valence-electron chi connectivity index (χ4n) is 4.24. The van der Waals surface area contributed by atoms with Gasteiger partial charge in [0.25, 0.3) is 5.78 Å². The molecule has 0 radical (unpaired) electrons. The van der Waals surface area contributed by atoms with Crippen LogP contribution in [0.15, 0.2) is 60.2 Å². The highest BCUT2D eigenvalue weighted by Crippen LogP contribution is 2.43. The van der Waals surface area contributed by atoms with Gasteiger partial charge in [-0.2, -0.15) is 0 Å². The number of aliphatic hydroxyl groups excluding tert-OH is 1. The number of methoxy groups -OCH3 is 2. The van der Waals surface area contributed by atoms with E-state index < -0.39 is 35.1 Å². The van der Waals surface area contributed by atoms with Crippen LogP contribution >= 0.6 is 11.6 Å². The van der Waals surface area contributed by atoms with E-state index in [0.29, 0.717) is 17.1 Å². The molecule has 11 heteroatoms. The van der Waals surface area contributed by atoms with Crippen molar-refractivity contribution >= 4 is 46.0 Å². The molecule has 0 spiro atoms. The topological polar surface area (TPSA) is 105 Å². The normalized spacial score (nSPS) is 17.0. The molecule has 1 atom stereocenters. The van der Waals surface area contributed by atoms with Crippen LogP contribution < -0.4 is 14.4 Å². The van der Waals surface area contributed by atoms with Gasteiger partial charge in [0.2, 0.25) is 5.95 Å². The minimum atomic E-state index is -1.19. The molecule has 1 saturated heterocycles. The van der Waals surface area contributed by atoms with Crippen molar-refractivity contribution in [3.63, 3.8) is 0 Å². The maximum Gasteiger partial charge on any atom is 0.302 e. The van der Waals surface area contributed by atoms with Crippen molar-refractivity contribution in [1.82, 2.24) is 9.97 Å². The zero-order chi connectivity index (χ0) is 26.4. The lowest BCUT2D eigenvalue weighted by Crippen LogP contribution is -2.30. The monoisotopic (exact) mass is 525 g/mol. The van der Waals surface area contributed by atoms with E-state index in [4.69, 9.17) is 21.1 Å². The van der Waals surface area contributed by atoms with Crippen molar-refractivity contribution in [1.29, 1.82) is 0 Å². The molecule has 1 unspecified atom stereocenters. The average Bonchev–Trinajstić information content (AvgIpc) is 3.41. The Hall–Kier alpha value is -4.44. The second-order valence-electron chi connectivity index (χ2n) is 8.14. The Morgan fingerprint density at radius 1 is 1.03 bits per heavy atom. The molecular weight excluding hydrogens is 508 g/mol. The molecule has 37 heavy (non-hydrogen) atoms. The van der Waals surface area contributed by atoms with Gasteiger partial charge in [-0.15, -0.1) is 0 Å². The van der Waals surface area contributed by atoms with Gasteiger partial charge < -0.3 is 19.6 Å². The number of nitrogens with one attached hydrogen (secondary N) is 1. The molecule has 2 N–H and O–H groups in total. The molecule has 1 aromatic heterocycles. The van der Waals surface area contributed by atoms with Gasteiger partial charge in [-0.05, 0) is 35.9 Å². The predicted molar refractivity (Wildman–Crippen MR) is 132 cm³/mol. The molecule has 1 amide bonds. The number of aromatic amines is 1. The molecule has 5 rings (SSSR count). The van der Waals surface area contributed by atoms with E-state index in [0.717, 1.165) is 17.0 Å². The summed E-state index contributed by atoms with van der Waals surface area (Å²) in [4.78, 5) is 34.7. The van der Waals surface area contributed by atoms with Crippen LogP contribution in [0.1, 0.15) is 17.2 Å². The zero-order valence-corrected chi connectivity index (χ0v) is 20.1. The number of rotatable bonds is 5. The van der Waals surface area contributed by atoms with Crippen molar-refractivity contribution in [2.75, 3.05) is 19.1 Å². The Kier molecular flexibility index (Phi) is 6.04. The summed E-state index contributed by atoms with van der Waals surface area (Å²) in [7, 11) is 2.88. The van der Waals surface area contributed by atoms with E-state index in [9.17, 15) is 23.5 Å². The molecule has 188 valence electrons. The molecule has 8 nitrogen and oxygen atoms in total. The first-order chi connectivity index (χ1) is 17.7. The lowest BCUT2D eigenvalue weighted by Gasteiger charge is -2.23. The molecule has 1 aliphatic rings. The largest absolute Gasteiger partial charge is 0.507 e. The second kappa shape index (κ2) is 9.21. The summed E-state index contributed by atoms with van der Waals surface area (Å²) in [5, 5.41) is 11.4. The molecule has 0 saturated carbocycles. The number of Topliss-reactive ketones (excluding diaryl/α,β-unsaturated/α-hetero) is 1. The van der Waals surface area contributed by atoms with E-state index in [-0.39, 0.29) is 33.1 Å². The summed E-state index contributed by atoms with van der Waals surface area (Å²) in [6, 6.07) is 11.6. The van der Waals surface area contributed by atoms with Crippen molar-refractivity contribution in [2.24, 2.45) is 0 Å². The number of H-pyrrole nitrogens is 1. The Morgan fingerprint density at radius 2 is 1.73 bits per heavy atom. The van der Waals surface area contributed by atoms with Crippen molar-refractivity contribution in [3.8, 4) is 11.5 Å². The first-order valence-electron chi connectivity index (χ1n) is 10.9. The number of carbonyl (C=O) groups excluding carboxylic acids is 2. The van der Waals surface area contributed by atoms with E-state index in [1.165, 1.54) is 26.4 Å². The van der Waals surface area contributed by atoms with Gasteiger partial charge in [-0.3, -0.25) is 14.5 Å². The summed E-state index contributed by atoms with van der Waals surface area (Å²) >= 11 is 6.32. The number of aliphatic hydroxyl groups is 1. The summed E-state index contributed by atoms with van der Waals surface area (Å²) in [6.45, 7) is 0. The maximum absolute atomic E-state index is 13.8. The second-order valence-corrected chi connectivity index (χ2v) is 8.54. The van der Waals surface area contributed by atoms with Crippen molar-refractivity contribution in [2.45, 2.75) is 6.04 Å². The number of hydrogen-bond donors (Lipinski definition) is 2. The van der Waals surface area contributed by atoms with Crippen LogP contribution in [-0.2, 0) is 9.59 Å². The molecule has 3 aromatic carbocycles. The number of halogens is 3. The average molecular weight is 526 g/mol. The fraction of sp³-hybridized carbons (Fsp3) is 0.115. The smallest absolute Gasteiger partial charge is 0.302 e. The highest BCUT2D eigenvalue weighted by Gasteiger charge is 2.48. The summed E-state index contributed by atoms with van der Waals surface area (Å²) in [5.74, 6) is -4.16. The number of aromatic nitrogens is 2. The van der Waals surface area contributed by atoms with E-state index >= 15 is 0 Å². The number of ketones is 1. The third kappa shape index (κ3) is 4.05. The lowest BCUT2D eigenvalue weighted by molar-refractivity contribution is -0.132. The summed E-state index contributed by atoms with van der Waals surface area (Å²) < 4.78 is 38.1. The van der Waals surface area contributed by atoms with Gasteiger partial charge in [0.05, 0.1) is 41.9 Å². The number of fused-ring (bicyclic) bond motifs is 1. The van der Waals surface area contributed by atoms with Crippen LogP contribution in [0.3, 0.4) is 0 Å². The highest BCUT2D eigenvalue weighted by atomic mass is 35.5. The molecule has 0 bridgehead atoms. The summed E-state index contributed by atoms with van der Waals surface area (Å²) in [6.07, 6.45) is 0. The van der Waals surface area contributed by atoms with Gasteiger partial charge in [0.1, 0.15) is 17.3 Å². The van der Waals surface area contributed by atoms with Crippen LogP contribution in [0, 0.1) is 11.6 Å². The lowest BCUT2D eigenvalue weighted by atomic mass is 9.95. The quantitative estimate of drug-likeness (QED) is 0.212. The minimum Gasteiger partial charge on any atom is -0.507 e. The van der Waals surface area contributed by atoms with Crippen LogP contribution in [0.25, 0.3) is 16.8 Å². The molecule has 2 heterocycles. The first-order valence-corrected chi connectivity index (χ1v) is 11.2. The van der Waals surface area contributed by atoms with Gasteiger partial charge in [-0.25, -0.2) is 13.8 Å². The molecule has 1 fully saturated rings. The van der Waals surface area contributed by atoms with E-state index in [2.05, 4.69) is 9.97 Å². The van der Waals surface area contributed by atoms with Crippen LogP contribution in [0.5, 0.6) is 11.5 Å². The van der Waals surface area contributed by atoms with Crippen LogP contribution in [0.4, 0.5) is 14.7 Å². The number of imidazole rings is 1. The number of amides is 1. The number of hydrogen-bond acceptors (Lipinski definition) is 6. The van der Waals surface area contributed by atoms with Crippen molar-refractivity contribution in [3.05, 3.63) is 88.0 Å². The molecular formula is C26H18ClF2N3O5. The molecule has 1 aliphatic heterocycles. The third-order valence-electron chi connectivity index (χ3n) is 6.02. The van der Waals surface area contributed by atoms with Crippen LogP contribution in [0.2, 0.25) is 5.02 Å². The molecule has 0 aliphatic carbocycles. The summed E-state index contributed by atoms with van der Waals surface area (Å²) in [5.41, 5.74) is 0.343. The number of benzene rings is 3. The minimum absolute atomic E-state index is 0.0380. The Morgan fingerprint density at radius 3 is 2.46 bits per heavy atom. The Labute approximate surface area is 213 Å².